The van der Waals surface area contributed by atoms with Crippen LogP contribution in [-0.2, 0) is 19.3 Å². The Labute approximate surface area is 339 Å². The predicted octanol–water partition coefficient (Wildman–Crippen LogP) is 8.22. The van der Waals surface area contributed by atoms with E-state index in [1.165, 1.54) is 67.1 Å². The van der Waals surface area contributed by atoms with E-state index < -0.39 is 17.6 Å². The Morgan fingerprint density at radius 2 is 1.42 bits per heavy atom. The average Bonchev–Trinajstić information content (AvgIpc) is 3.84. The largest absolute Gasteiger partial charge is 0.496 e. The van der Waals surface area contributed by atoms with Crippen molar-refractivity contribution in [3.8, 4) is 33.8 Å². The van der Waals surface area contributed by atoms with Crippen molar-refractivity contribution in [2.75, 3.05) is 24.9 Å². The van der Waals surface area contributed by atoms with E-state index in [2.05, 4.69) is 46.0 Å². The van der Waals surface area contributed by atoms with Crippen LogP contribution < -0.4 is 20.1 Å². The molecular weight excluding hydrogens is 789 g/mol. The zero-order chi connectivity index (χ0) is 40.1. The lowest BCUT2D eigenvalue weighted by atomic mass is 9.95. The first-order chi connectivity index (χ1) is 27.6. The molecule has 0 atom stereocenters. The Hall–Kier alpha value is -6.23. The summed E-state index contributed by atoms with van der Waals surface area (Å²) in [6.45, 7) is 3.53. The number of pyridine rings is 3. The monoisotopic (exact) mass is 821 g/mol. The standard InChI is InChI=1S/C40H33ClFN9O4S2/c1-21-12-28(30(18-43-21)38(53)47-40-51-49-35(57-40)11-10-23-8-6-5-7-9-23)36-31(42)14-24(15-32(36)54-3)13-25-16-26(27-17-34(41)45-20-33(27)55-4)29(19-44-25)37(52)46-39-50-48-22(2)56-39/h5-9,12,14-20H,10-11,13H2,1-4H3,(H,46,50,52)(H,47,51,53). The quantitative estimate of drug-likeness (QED) is 0.108. The summed E-state index contributed by atoms with van der Waals surface area (Å²) >= 11 is 8.80. The zero-order valence-electron chi connectivity index (χ0n) is 31.0. The molecule has 57 heavy (non-hydrogen) atoms. The third kappa shape index (κ3) is 9.09. The Kier molecular flexibility index (Phi) is 11.8. The van der Waals surface area contributed by atoms with Crippen LogP contribution in [0.25, 0.3) is 22.3 Å². The van der Waals surface area contributed by atoms with Gasteiger partial charge in [-0.2, -0.15) is 0 Å². The molecule has 288 valence electrons. The fraction of sp³-hybridized carbons (Fsp3) is 0.175. The minimum atomic E-state index is -0.630. The SMILES string of the molecule is COc1cnc(Cl)cc1-c1cc(Cc2cc(F)c(-c3cc(C)ncc3C(=O)Nc3nnc(CCc4ccccc4)s3)c(OC)c2)ncc1C(=O)Nc1nnc(C)s1. The van der Waals surface area contributed by atoms with E-state index in [0.29, 0.717) is 55.5 Å². The van der Waals surface area contributed by atoms with Crippen molar-refractivity contribution in [1.82, 2.24) is 35.3 Å². The summed E-state index contributed by atoms with van der Waals surface area (Å²) in [5.74, 6) is -1.07. The molecule has 0 aliphatic carbocycles. The molecule has 7 aromatic rings. The van der Waals surface area contributed by atoms with E-state index in [1.807, 2.05) is 30.3 Å². The number of aryl methyl sites for hydroxylation is 4. The smallest absolute Gasteiger partial charge is 0.259 e. The Balaban J connectivity index is 1.17. The van der Waals surface area contributed by atoms with Crippen molar-refractivity contribution in [1.29, 1.82) is 0 Å². The van der Waals surface area contributed by atoms with Crippen LogP contribution in [-0.4, -0.2) is 61.4 Å². The van der Waals surface area contributed by atoms with E-state index >= 15 is 4.39 Å². The van der Waals surface area contributed by atoms with Crippen LogP contribution in [0.3, 0.4) is 0 Å². The molecule has 0 bridgehead atoms. The minimum absolute atomic E-state index is 0.0847. The van der Waals surface area contributed by atoms with Crippen LogP contribution in [0.2, 0.25) is 5.15 Å². The molecule has 0 unspecified atom stereocenters. The molecular formula is C40H33ClFN9O4S2. The summed E-state index contributed by atoms with van der Waals surface area (Å²) < 4.78 is 27.7. The van der Waals surface area contributed by atoms with Gasteiger partial charge in [0.05, 0.1) is 37.1 Å². The Bertz CT molecular complexity index is 2600. The first-order valence-electron chi connectivity index (χ1n) is 17.4. The lowest BCUT2D eigenvalue weighted by Gasteiger charge is -2.16. The highest BCUT2D eigenvalue weighted by molar-refractivity contribution is 7.15. The van der Waals surface area contributed by atoms with Gasteiger partial charge in [-0.25, -0.2) is 9.37 Å². The van der Waals surface area contributed by atoms with Gasteiger partial charge in [0.1, 0.15) is 32.5 Å². The molecule has 0 fully saturated rings. The minimum Gasteiger partial charge on any atom is -0.496 e. The first kappa shape index (κ1) is 39.0. The fourth-order valence-electron chi connectivity index (χ4n) is 6.08. The number of amides is 2. The highest BCUT2D eigenvalue weighted by Gasteiger charge is 2.24. The molecule has 13 nitrogen and oxygen atoms in total. The lowest BCUT2D eigenvalue weighted by Crippen LogP contribution is -2.14. The van der Waals surface area contributed by atoms with Gasteiger partial charge in [-0.15, -0.1) is 20.4 Å². The number of nitrogens with one attached hydrogen (secondary N) is 2. The number of benzene rings is 2. The molecule has 0 saturated carbocycles. The van der Waals surface area contributed by atoms with E-state index in [-0.39, 0.29) is 39.6 Å². The van der Waals surface area contributed by atoms with Gasteiger partial charge >= 0.3 is 0 Å². The van der Waals surface area contributed by atoms with E-state index in [0.717, 1.165) is 11.4 Å². The van der Waals surface area contributed by atoms with Crippen LogP contribution >= 0.6 is 34.3 Å². The number of carbonyl (C=O) groups excluding carboxylic acids is 2. The number of ether oxygens (including phenoxy) is 2. The highest BCUT2D eigenvalue weighted by Crippen LogP contribution is 2.38. The van der Waals surface area contributed by atoms with E-state index in [9.17, 15) is 9.59 Å². The zero-order valence-corrected chi connectivity index (χ0v) is 33.4. The van der Waals surface area contributed by atoms with E-state index in [4.69, 9.17) is 21.1 Å². The third-order valence-electron chi connectivity index (χ3n) is 8.73. The summed E-state index contributed by atoms with van der Waals surface area (Å²) in [7, 11) is 2.91. The molecule has 0 aliphatic heterocycles. The summed E-state index contributed by atoms with van der Waals surface area (Å²) in [5, 5.41) is 24.2. The molecule has 0 radical (unpaired) electrons. The predicted molar refractivity (Wildman–Crippen MR) is 217 cm³/mol. The summed E-state index contributed by atoms with van der Waals surface area (Å²) in [6.07, 6.45) is 5.88. The van der Waals surface area contributed by atoms with Crippen molar-refractivity contribution >= 4 is 56.4 Å². The maximum Gasteiger partial charge on any atom is 0.259 e. The number of anilines is 2. The molecule has 5 aromatic heterocycles. The van der Waals surface area contributed by atoms with Gasteiger partial charge in [0.2, 0.25) is 10.3 Å². The number of nitrogens with zero attached hydrogens (tertiary/aromatic N) is 7. The highest BCUT2D eigenvalue weighted by atomic mass is 35.5. The van der Waals surface area contributed by atoms with Gasteiger partial charge < -0.3 is 9.47 Å². The second kappa shape index (κ2) is 17.3. The summed E-state index contributed by atoms with van der Waals surface area (Å²) in [5.41, 5.74) is 4.41. The first-order valence-corrected chi connectivity index (χ1v) is 19.4. The van der Waals surface area contributed by atoms with Gasteiger partial charge in [0, 0.05) is 53.3 Å². The third-order valence-corrected chi connectivity index (χ3v) is 10.6. The molecule has 2 N–H and O–H groups in total. The van der Waals surface area contributed by atoms with Gasteiger partial charge in [-0.1, -0.05) is 64.6 Å². The molecule has 0 aliphatic rings. The van der Waals surface area contributed by atoms with Crippen molar-refractivity contribution in [3.63, 3.8) is 0 Å². The number of halogens is 2. The van der Waals surface area contributed by atoms with Crippen molar-refractivity contribution in [2.45, 2.75) is 33.1 Å². The Morgan fingerprint density at radius 1 is 0.719 bits per heavy atom. The molecule has 7 rings (SSSR count). The maximum absolute atomic E-state index is 16.4. The van der Waals surface area contributed by atoms with Crippen LogP contribution in [0.5, 0.6) is 11.5 Å². The maximum atomic E-state index is 16.4. The number of aromatic nitrogens is 7. The van der Waals surface area contributed by atoms with Crippen molar-refractivity contribution < 1.29 is 23.5 Å². The topological polar surface area (TPSA) is 167 Å². The van der Waals surface area contributed by atoms with Gasteiger partial charge in [0.15, 0.2) is 0 Å². The molecule has 2 amide bonds. The molecule has 5 heterocycles. The number of carbonyl (C=O) groups is 2. The second-order valence-corrected chi connectivity index (χ2v) is 15.3. The normalized spacial score (nSPS) is 11.0. The van der Waals surface area contributed by atoms with Crippen molar-refractivity contribution in [2.24, 2.45) is 0 Å². The number of rotatable bonds is 13. The number of hydrogen-bond acceptors (Lipinski definition) is 13. The second-order valence-electron chi connectivity index (χ2n) is 12.7. The Morgan fingerprint density at radius 3 is 2.14 bits per heavy atom. The van der Waals surface area contributed by atoms with Crippen LogP contribution in [0, 0.1) is 19.7 Å². The lowest BCUT2D eigenvalue weighted by molar-refractivity contribution is 0.101. The number of methoxy groups -OCH3 is 2. The van der Waals surface area contributed by atoms with Crippen LogP contribution in [0.1, 0.15) is 53.2 Å². The van der Waals surface area contributed by atoms with Crippen molar-refractivity contribution in [3.05, 3.63) is 134 Å². The van der Waals surface area contributed by atoms with Crippen LogP contribution in [0.15, 0.2) is 79.3 Å². The molecule has 0 spiro atoms. The summed E-state index contributed by atoms with van der Waals surface area (Å²) in [4.78, 5) is 40.2. The number of hydrogen-bond donors (Lipinski definition) is 2. The molecule has 2 aromatic carbocycles. The molecule has 0 saturated heterocycles. The van der Waals surface area contributed by atoms with Gasteiger partial charge in [-0.05, 0) is 61.7 Å². The van der Waals surface area contributed by atoms with E-state index in [1.54, 1.807) is 38.1 Å². The van der Waals surface area contributed by atoms with Crippen LogP contribution in [0.4, 0.5) is 14.7 Å². The molecule has 17 heteroatoms. The van der Waals surface area contributed by atoms with Gasteiger partial charge in [0.25, 0.3) is 11.8 Å². The average molecular weight is 822 g/mol. The van der Waals surface area contributed by atoms with Gasteiger partial charge in [-0.3, -0.25) is 30.2 Å². The summed E-state index contributed by atoms with van der Waals surface area (Å²) in [6, 6.07) is 18.0. The fourth-order valence-corrected chi connectivity index (χ4v) is 7.56.